The lowest BCUT2D eigenvalue weighted by Crippen LogP contribution is -2.29. The summed E-state index contributed by atoms with van der Waals surface area (Å²) in [6, 6.07) is 2.32. The summed E-state index contributed by atoms with van der Waals surface area (Å²) in [6.07, 6.45) is 1.19. The maximum atomic E-state index is 13.2. The minimum absolute atomic E-state index is 0.0155. The van der Waals surface area contributed by atoms with E-state index in [-0.39, 0.29) is 26.4 Å². The molecule has 96 valence electrons. The summed E-state index contributed by atoms with van der Waals surface area (Å²) in [5.74, 6) is -0.906. The second-order valence-electron chi connectivity index (χ2n) is 3.02. The van der Waals surface area contributed by atoms with E-state index < -0.39 is 20.9 Å². The number of halogens is 1. The van der Waals surface area contributed by atoms with Gasteiger partial charge >= 0.3 is 0 Å². The zero-order valence-electron chi connectivity index (χ0n) is 8.97. The minimum Gasteiger partial charge on any atom is -0.394 e. The van der Waals surface area contributed by atoms with E-state index in [0.717, 1.165) is 6.07 Å². The molecule has 0 aliphatic heterocycles. The van der Waals surface area contributed by atoms with Crippen molar-refractivity contribution in [3.05, 3.63) is 24.1 Å². The molecule has 1 heterocycles. The van der Waals surface area contributed by atoms with Crippen LogP contribution in [0.15, 0.2) is 23.4 Å². The molecular weight excluding hydrogens is 251 g/mol. The number of ether oxygens (including phenoxy) is 1. The number of aromatic nitrogens is 1. The minimum atomic E-state index is -3.96. The topological polar surface area (TPSA) is 88.5 Å². The second kappa shape index (κ2) is 6.60. The summed E-state index contributed by atoms with van der Waals surface area (Å²) in [7, 11) is -3.96. The van der Waals surface area contributed by atoms with Crippen LogP contribution in [0, 0.1) is 5.82 Å². The number of nitrogens with one attached hydrogen (secondary N) is 1. The normalized spacial score (nSPS) is 11.6. The van der Waals surface area contributed by atoms with Crippen molar-refractivity contribution in [2.45, 2.75) is 5.03 Å². The quantitative estimate of drug-likeness (QED) is 0.649. The number of nitrogens with zero attached hydrogens (tertiary/aromatic N) is 1. The van der Waals surface area contributed by atoms with Gasteiger partial charge in [0.25, 0.3) is 10.0 Å². The first-order valence-electron chi connectivity index (χ1n) is 4.86. The summed E-state index contributed by atoms with van der Waals surface area (Å²) >= 11 is 0. The van der Waals surface area contributed by atoms with Crippen LogP contribution in [-0.4, -0.2) is 44.9 Å². The van der Waals surface area contributed by atoms with Gasteiger partial charge in [-0.05, 0) is 12.1 Å². The molecule has 2 N–H and O–H groups in total. The summed E-state index contributed by atoms with van der Waals surface area (Å²) in [5.41, 5.74) is 0. The van der Waals surface area contributed by atoms with Crippen LogP contribution >= 0.6 is 0 Å². The lowest BCUT2D eigenvalue weighted by Gasteiger charge is -2.06. The van der Waals surface area contributed by atoms with Crippen molar-refractivity contribution in [1.29, 1.82) is 0 Å². The largest absolute Gasteiger partial charge is 0.394 e. The third kappa shape index (κ3) is 4.35. The Labute approximate surface area is 98.5 Å². The van der Waals surface area contributed by atoms with Gasteiger partial charge in [0.15, 0.2) is 5.82 Å². The number of pyridine rings is 1. The van der Waals surface area contributed by atoms with Gasteiger partial charge in [-0.1, -0.05) is 0 Å². The Morgan fingerprint density at radius 2 is 2.24 bits per heavy atom. The Hall–Kier alpha value is -1.09. The van der Waals surface area contributed by atoms with Crippen LogP contribution < -0.4 is 4.72 Å². The van der Waals surface area contributed by atoms with Crippen LogP contribution in [0.3, 0.4) is 0 Å². The lowest BCUT2D eigenvalue weighted by atomic mass is 10.5. The third-order valence-corrected chi connectivity index (χ3v) is 3.15. The zero-order chi connectivity index (χ0) is 12.7. The molecule has 0 radical (unpaired) electrons. The molecule has 8 heteroatoms. The maximum absolute atomic E-state index is 13.2. The fourth-order valence-electron chi connectivity index (χ4n) is 1.05. The molecule has 1 rings (SSSR count). The molecule has 1 aromatic rings. The highest BCUT2D eigenvalue weighted by Crippen LogP contribution is 2.08. The van der Waals surface area contributed by atoms with Gasteiger partial charge in [0, 0.05) is 12.7 Å². The van der Waals surface area contributed by atoms with Crippen LogP contribution in [0.2, 0.25) is 0 Å². The van der Waals surface area contributed by atoms with E-state index in [1.54, 1.807) is 0 Å². The SMILES string of the molecule is O=S(=O)(NCCOCCO)c1ncccc1F. The van der Waals surface area contributed by atoms with Crippen molar-refractivity contribution < 1.29 is 22.7 Å². The van der Waals surface area contributed by atoms with E-state index in [1.165, 1.54) is 12.3 Å². The van der Waals surface area contributed by atoms with Gasteiger partial charge in [-0.3, -0.25) is 0 Å². The predicted molar refractivity (Wildman–Crippen MR) is 57.3 cm³/mol. The van der Waals surface area contributed by atoms with Gasteiger partial charge in [0.2, 0.25) is 5.03 Å². The smallest absolute Gasteiger partial charge is 0.261 e. The van der Waals surface area contributed by atoms with Crippen LogP contribution in [0.1, 0.15) is 0 Å². The third-order valence-electron chi connectivity index (χ3n) is 1.75. The molecule has 17 heavy (non-hydrogen) atoms. The molecule has 0 bridgehead atoms. The molecule has 0 saturated heterocycles. The molecule has 0 aliphatic carbocycles. The van der Waals surface area contributed by atoms with Crippen LogP contribution in [0.25, 0.3) is 0 Å². The maximum Gasteiger partial charge on any atom is 0.261 e. The van der Waals surface area contributed by atoms with Gasteiger partial charge in [-0.15, -0.1) is 0 Å². The van der Waals surface area contributed by atoms with Gasteiger partial charge in [-0.2, -0.15) is 0 Å². The monoisotopic (exact) mass is 264 g/mol. The molecule has 1 aromatic heterocycles. The number of aliphatic hydroxyl groups excluding tert-OH is 1. The molecule has 6 nitrogen and oxygen atoms in total. The van der Waals surface area contributed by atoms with E-state index in [2.05, 4.69) is 9.71 Å². The highest BCUT2D eigenvalue weighted by molar-refractivity contribution is 7.89. The van der Waals surface area contributed by atoms with Crippen LogP contribution in [-0.2, 0) is 14.8 Å². The number of hydrogen-bond donors (Lipinski definition) is 2. The molecule has 0 unspecified atom stereocenters. The summed E-state index contributed by atoms with van der Waals surface area (Å²) < 4.78 is 43.3. The summed E-state index contributed by atoms with van der Waals surface area (Å²) in [5, 5.41) is 7.78. The highest BCUT2D eigenvalue weighted by atomic mass is 32.2. The zero-order valence-corrected chi connectivity index (χ0v) is 9.78. The predicted octanol–water partition coefficient (Wildman–Crippen LogP) is -0.492. The first-order chi connectivity index (χ1) is 8.08. The molecule has 0 saturated carbocycles. The fraction of sp³-hybridized carbons (Fsp3) is 0.444. The van der Waals surface area contributed by atoms with E-state index >= 15 is 0 Å². The van der Waals surface area contributed by atoms with E-state index in [0.29, 0.717) is 0 Å². The Bertz CT molecular complexity index is 452. The molecular formula is C9H13FN2O4S. The van der Waals surface area contributed by atoms with Crippen molar-refractivity contribution in [3.8, 4) is 0 Å². The lowest BCUT2D eigenvalue weighted by molar-refractivity contribution is 0.0961. The first kappa shape index (κ1) is 14.0. The fourth-order valence-corrected chi connectivity index (χ4v) is 2.07. The van der Waals surface area contributed by atoms with Crippen LogP contribution in [0.4, 0.5) is 4.39 Å². The number of sulfonamides is 1. The van der Waals surface area contributed by atoms with Crippen molar-refractivity contribution in [1.82, 2.24) is 9.71 Å². The standard InChI is InChI=1S/C9H13FN2O4S/c10-8-2-1-3-11-9(8)17(14,15)12-4-6-16-7-5-13/h1-3,12-13H,4-7H2. The Balaban J connectivity index is 2.55. The van der Waals surface area contributed by atoms with E-state index in [1.807, 2.05) is 0 Å². The van der Waals surface area contributed by atoms with Gasteiger partial charge < -0.3 is 9.84 Å². The van der Waals surface area contributed by atoms with Crippen molar-refractivity contribution >= 4 is 10.0 Å². The van der Waals surface area contributed by atoms with E-state index in [4.69, 9.17) is 9.84 Å². The van der Waals surface area contributed by atoms with Crippen molar-refractivity contribution in [2.24, 2.45) is 0 Å². The molecule has 0 aliphatic rings. The average Bonchev–Trinajstić information content (AvgIpc) is 2.29. The molecule has 0 aromatic carbocycles. The van der Waals surface area contributed by atoms with Crippen molar-refractivity contribution in [2.75, 3.05) is 26.4 Å². The molecule has 0 fully saturated rings. The van der Waals surface area contributed by atoms with Gasteiger partial charge in [-0.25, -0.2) is 22.5 Å². The number of rotatable bonds is 7. The van der Waals surface area contributed by atoms with Gasteiger partial charge in [0.1, 0.15) is 0 Å². The van der Waals surface area contributed by atoms with Gasteiger partial charge in [0.05, 0.1) is 19.8 Å². The molecule has 0 atom stereocenters. The number of aliphatic hydroxyl groups is 1. The Kier molecular flexibility index (Phi) is 5.42. The Morgan fingerprint density at radius 3 is 2.88 bits per heavy atom. The Morgan fingerprint density at radius 1 is 1.47 bits per heavy atom. The highest BCUT2D eigenvalue weighted by Gasteiger charge is 2.19. The molecule has 0 spiro atoms. The average molecular weight is 264 g/mol. The molecule has 0 amide bonds. The van der Waals surface area contributed by atoms with Crippen molar-refractivity contribution in [3.63, 3.8) is 0 Å². The second-order valence-corrected chi connectivity index (χ2v) is 4.71. The summed E-state index contributed by atoms with van der Waals surface area (Å²) in [6.45, 7) is 0.0634. The van der Waals surface area contributed by atoms with E-state index in [9.17, 15) is 12.8 Å². The summed E-state index contributed by atoms with van der Waals surface area (Å²) in [4.78, 5) is 3.46. The number of hydrogen-bond acceptors (Lipinski definition) is 5. The van der Waals surface area contributed by atoms with Crippen LogP contribution in [0.5, 0.6) is 0 Å². The first-order valence-corrected chi connectivity index (χ1v) is 6.35.